The highest BCUT2D eigenvalue weighted by atomic mass is 32.1. The zero-order valence-electron chi connectivity index (χ0n) is 13.0. The Morgan fingerprint density at radius 2 is 2.05 bits per heavy atom. The van der Waals surface area contributed by atoms with Gasteiger partial charge in [-0.15, -0.1) is 11.3 Å². The molecule has 4 heteroatoms. The number of rotatable bonds is 8. The summed E-state index contributed by atoms with van der Waals surface area (Å²) in [7, 11) is 0. The van der Waals surface area contributed by atoms with Crippen molar-refractivity contribution in [3.8, 4) is 0 Å². The predicted octanol–water partition coefficient (Wildman–Crippen LogP) is 3.75. The van der Waals surface area contributed by atoms with Crippen LogP contribution in [0.3, 0.4) is 0 Å². The van der Waals surface area contributed by atoms with Crippen molar-refractivity contribution in [2.24, 2.45) is 5.92 Å². The summed E-state index contributed by atoms with van der Waals surface area (Å²) in [4.78, 5) is 8.90. The van der Waals surface area contributed by atoms with E-state index in [1.165, 1.54) is 47.9 Å². The smallest absolute Gasteiger partial charge is 0.185 e. The van der Waals surface area contributed by atoms with Gasteiger partial charge in [0, 0.05) is 30.6 Å². The second-order valence-corrected chi connectivity index (χ2v) is 7.66. The summed E-state index contributed by atoms with van der Waals surface area (Å²) in [6.45, 7) is 10.1. The lowest BCUT2D eigenvalue weighted by Gasteiger charge is -2.19. The van der Waals surface area contributed by atoms with Gasteiger partial charge >= 0.3 is 0 Å². The zero-order chi connectivity index (χ0) is 14.1. The van der Waals surface area contributed by atoms with E-state index in [-0.39, 0.29) is 0 Å². The minimum Gasteiger partial charge on any atom is -0.348 e. The van der Waals surface area contributed by atoms with Gasteiger partial charge in [0.25, 0.3) is 0 Å². The predicted molar refractivity (Wildman–Crippen MR) is 86.7 cm³/mol. The first-order chi connectivity index (χ1) is 9.67. The van der Waals surface area contributed by atoms with Crippen LogP contribution >= 0.6 is 11.3 Å². The van der Waals surface area contributed by atoms with Gasteiger partial charge in [0.2, 0.25) is 0 Å². The van der Waals surface area contributed by atoms with E-state index in [1.54, 1.807) is 0 Å². The Bertz CT molecular complexity index is 447. The van der Waals surface area contributed by atoms with E-state index in [2.05, 4.69) is 31.0 Å². The van der Waals surface area contributed by atoms with Crippen LogP contribution in [0.2, 0.25) is 0 Å². The molecule has 0 aliphatic heterocycles. The minimum atomic E-state index is 0.524. The molecule has 2 aliphatic rings. The summed E-state index contributed by atoms with van der Waals surface area (Å²) in [6, 6.07) is 0.773. The molecule has 20 heavy (non-hydrogen) atoms. The second kappa shape index (κ2) is 6.02. The first-order valence-corrected chi connectivity index (χ1v) is 8.97. The molecule has 0 spiro atoms. The van der Waals surface area contributed by atoms with Gasteiger partial charge in [0.1, 0.15) is 0 Å². The molecule has 2 fully saturated rings. The first-order valence-electron chi connectivity index (χ1n) is 8.15. The van der Waals surface area contributed by atoms with Crippen molar-refractivity contribution >= 4 is 16.5 Å². The van der Waals surface area contributed by atoms with Crippen molar-refractivity contribution in [1.29, 1.82) is 0 Å². The van der Waals surface area contributed by atoms with Crippen LogP contribution in [-0.2, 0) is 6.54 Å². The maximum atomic E-state index is 4.96. The normalized spacial score (nSPS) is 18.8. The number of thiazole rings is 1. The number of nitrogens with one attached hydrogen (secondary N) is 1. The Hall–Kier alpha value is -0.610. The molecule has 1 heterocycles. The van der Waals surface area contributed by atoms with Crippen LogP contribution in [0.1, 0.15) is 62.9 Å². The monoisotopic (exact) mass is 293 g/mol. The topological polar surface area (TPSA) is 28.2 Å². The van der Waals surface area contributed by atoms with Gasteiger partial charge in [-0.3, -0.25) is 0 Å². The highest BCUT2D eigenvalue weighted by Crippen LogP contribution is 2.35. The largest absolute Gasteiger partial charge is 0.348 e. The van der Waals surface area contributed by atoms with Crippen LogP contribution in [0.25, 0.3) is 0 Å². The van der Waals surface area contributed by atoms with Crippen LogP contribution in [-0.4, -0.2) is 24.1 Å². The molecule has 0 amide bonds. The SMILES string of the molecule is CCN(CC1CC1)c1nc(C(C)C)c(CNC2CC2)s1. The van der Waals surface area contributed by atoms with Crippen molar-refractivity contribution in [3.63, 3.8) is 0 Å². The number of anilines is 1. The fourth-order valence-electron chi connectivity index (χ4n) is 2.54. The molecule has 0 aromatic carbocycles. The van der Waals surface area contributed by atoms with E-state index in [9.17, 15) is 0 Å². The molecule has 0 bridgehead atoms. The highest BCUT2D eigenvalue weighted by Gasteiger charge is 2.27. The van der Waals surface area contributed by atoms with E-state index < -0.39 is 0 Å². The molecule has 112 valence electrons. The standard InChI is InChI=1S/C16H27N3S/c1-4-19(10-12-5-6-12)16-18-15(11(2)3)14(20-16)9-17-13-7-8-13/h11-13,17H,4-10H2,1-3H3. The molecule has 0 saturated heterocycles. The molecule has 3 nitrogen and oxygen atoms in total. The maximum absolute atomic E-state index is 4.96. The van der Waals surface area contributed by atoms with Gasteiger partial charge in [-0.1, -0.05) is 13.8 Å². The highest BCUT2D eigenvalue weighted by molar-refractivity contribution is 7.15. The Labute approximate surface area is 126 Å². The third-order valence-corrected chi connectivity index (χ3v) is 5.35. The number of hydrogen-bond donors (Lipinski definition) is 1. The fraction of sp³-hybridized carbons (Fsp3) is 0.812. The van der Waals surface area contributed by atoms with E-state index in [4.69, 9.17) is 4.98 Å². The van der Waals surface area contributed by atoms with E-state index in [0.29, 0.717) is 5.92 Å². The third-order valence-electron chi connectivity index (χ3n) is 4.22. The Morgan fingerprint density at radius 3 is 2.60 bits per heavy atom. The summed E-state index contributed by atoms with van der Waals surface area (Å²) in [5.41, 5.74) is 1.31. The van der Waals surface area contributed by atoms with Crippen LogP contribution in [0.4, 0.5) is 5.13 Å². The van der Waals surface area contributed by atoms with Gasteiger partial charge in [-0.2, -0.15) is 0 Å². The van der Waals surface area contributed by atoms with Crippen molar-refractivity contribution in [3.05, 3.63) is 10.6 Å². The molecule has 2 aliphatic carbocycles. The number of nitrogens with zero attached hydrogens (tertiary/aromatic N) is 2. The van der Waals surface area contributed by atoms with Gasteiger partial charge in [-0.05, 0) is 44.4 Å². The van der Waals surface area contributed by atoms with Gasteiger partial charge < -0.3 is 10.2 Å². The Kier molecular flexibility index (Phi) is 4.32. The van der Waals surface area contributed by atoms with Crippen LogP contribution in [0.15, 0.2) is 0 Å². The Morgan fingerprint density at radius 1 is 1.30 bits per heavy atom. The summed E-state index contributed by atoms with van der Waals surface area (Å²) < 4.78 is 0. The van der Waals surface area contributed by atoms with E-state index in [1.807, 2.05) is 11.3 Å². The molecular weight excluding hydrogens is 266 g/mol. The average molecular weight is 293 g/mol. The van der Waals surface area contributed by atoms with Crippen molar-refractivity contribution in [2.75, 3.05) is 18.0 Å². The lowest BCUT2D eigenvalue weighted by Crippen LogP contribution is -2.25. The van der Waals surface area contributed by atoms with Crippen LogP contribution in [0.5, 0.6) is 0 Å². The number of aromatic nitrogens is 1. The van der Waals surface area contributed by atoms with E-state index >= 15 is 0 Å². The molecule has 0 unspecified atom stereocenters. The first kappa shape index (κ1) is 14.3. The van der Waals surface area contributed by atoms with Crippen LogP contribution < -0.4 is 10.2 Å². The molecule has 1 aromatic heterocycles. The molecule has 2 saturated carbocycles. The quantitative estimate of drug-likeness (QED) is 0.791. The number of hydrogen-bond acceptors (Lipinski definition) is 4. The third kappa shape index (κ3) is 3.53. The van der Waals surface area contributed by atoms with Crippen molar-refractivity contribution in [1.82, 2.24) is 10.3 Å². The molecule has 0 atom stereocenters. The summed E-state index contributed by atoms with van der Waals surface area (Å²) in [6.07, 6.45) is 5.53. The lowest BCUT2D eigenvalue weighted by molar-refractivity contribution is 0.680. The maximum Gasteiger partial charge on any atom is 0.185 e. The molecular formula is C16H27N3S. The van der Waals surface area contributed by atoms with Crippen molar-refractivity contribution in [2.45, 2.75) is 65.0 Å². The van der Waals surface area contributed by atoms with E-state index in [0.717, 1.165) is 25.0 Å². The van der Waals surface area contributed by atoms with Crippen LogP contribution in [0, 0.1) is 5.92 Å². The Balaban J connectivity index is 1.72. The second-order valence-electron chi connectivity index (χ2n) is 6.60. The van der Waals surface area contributed by atoms with Gasteiger partial charge in [0.05, 0.1) is 5.69 Å². The van der Waals surface area contributed by atoms with Gasteiger partial charge in [-0.25, -0.2) is 4.98 Å². The molecule has 1 N–H and O–H groups in total. The minimum absolute atomic E-state index is 0.524. The average Bonchev–Trinajstić information content (AvgIpc) is 3.34. The summed E-state index contributed by atoms with van der Waals surface area (Å²) in [5, 5.41) is 4.89. The summed E-state index contributed by atoms with van der Waals surface area (Å²) in [5.74, 6) is 1.45. The fourth-order valence-corrected chi connectivity index (χ4v) is 3.78. The molecule has 1 aromatic rings. The molecule has 3 rings (SSSR count). The molecule has 0 radical (unpaired) electrons. The summed E-state index contributed by atoms with van der Waals surface area (Å²) >= 11 is 1.91. The lowest BCUT2D eigenvalue weighted by atomic mass is 10.1. The van der Waals surface area contributed by atoms with Gasteiger partial charge in [0.15, 0.2) is 5.13 Å². The van der Waals surface area contributed by atoms with Crippen molar-refractivity contribution < 1.29 is 0 Å². The zero-order valence-corrected chi connectivity index (χ0v) is 13.8.